The number of carbonyl (C=O) groups is 1. The van der Waals surface area contributed by atoms with E-state index in [2.05, 4.69) is 10.0 Å². The maximum absolute atomic E-state index is 11.7. The molecule has 0 aliphatic heterocycles. The molecule has 0 aromatic carbocycles. The van der Waals surface area contributed by atoms with Gasteiger partial charge in [-0.2, -0.15) is 0 Å². The van der Waals surface area contributed by atoms with Crippen molar-refractivity contribution < 1.29 is 18.3 Å². The predicted octanol–water partition coefficient (Wildman–Crippen LogP) is -0.0905. The van der Waals surface area contributed by atoms with E-state index in [1.807, 2.05) is 7.05 Å². The van der Waals surface area contributed by atoms with E-state index < -0.39 is 21.2 Å². The summed E-state index contributed by atoms with van der Waals surface area (Å²) in [5.74, 6) is -1.32. The number of hydrogen-bond donors (Lipinski definition) is 3. The van der Waals surface area contributed by atoms with Crippen LogP contribution in [-0.2, 0) is 14.8 Å². The molecular weight excluding hydrogens is 244 g/mol. The number of hydrogen-bond acceptors (Lipinski definition) is 4. The minimum absolute atomic E-state index is 0.133. The van der Waals surface area contributed by atoms with E-state index in [0.717, 1.165) is 25.7 Å². The Morgan fingerprint density at radius 3 is 2.12 bits per heavy atom. The van der Waals surface area contributed by atoms with Gasteiger partial charge in [-0.05, 0) is 39.7 Å². The highest BCUT2D eigenvalue weighted by Crippen LogP contribution is 2.19. The Morgan fingerprint density at radius 1 is 1.24 bits per heavy atom. The van der Waals surface area contributed by atoms with Crippen molar-refractivity contribution in [1.29, 1.82) is 0 Å². The maximum atomic E-state index is 11.7. The summed E-state index contributed by atoms with van der Waals surface area (Å²) in [6.45, 7) is 1.18. The Morgan fingerprint density at radius 2 is 1.71 bits per heavy atom. The number of aliphatic carboxylic acids is 1. The topological polar surface area (TPSA) is 95.5 Å². The molecule has 0 heterocycles. The van der Waals surface area contributed by atoms with Crippen molar-refractivity contribution in [3.8, 4) is 0 Å². The van der Waals surface area contributed by atoms with Crippen molar-refractivity contribution in [3.05, 3.63) is 0 Å². The van der Waals surface area contributed by atoms with Crippen LogP contribution >= 0.6 is 0 Å². The van der Waals surface area contributed by atoms with Crippen molar-refractivity contribution in [3.63, 3.8) is 0 Å². The third-order valence-corrected chi connectivity index (χ3v) is 5.07. The van der Waals surface area contributed by atoms with Gasteiger partial charge in [0.15, 0.2) is 5.25 Å². The maximum Gasteiger partial charge on any atom is 0.323 e. The van der Waals surface area contributed by atoms with E-state index in [1.54, 1.807) is 0 Å². The molecule has 1 aliphatic carbocycles. The molecule has 0 radical (unpaired) electrons. The van der Waals surface area contributed by atoms with E-state index >= 15 is 0 Å². The van der Waals surface area contributed by atoms with Gasteiger partial charge in [0.05, 0.1) is 0 Å². The van der Waals surface area contributed by atoms with Gasteiger partial charge >= 0.3 is 5.97 Å². The smallest absolute Gasteiger partial charge is 0.323 e. The second-order valence-corrected chi connectivity index (χ2v) is 6.51. The van der Waals surface area contributed by atoms with E-state index in [-0.39, 0.29) is 6.04 Å². The minimum atomic E-state index is -3.75. The summed E-state index contributed by atoms with van der Waals surface area (Å²) in [6, 6.07) is 0.305. The molecule has 1 aliphatic rings. The molecule has 1 fully saturated rings. The summed E-state index contributed by atoms with van der Waals surface area (Å²) in [7, 11) is -1.86. The van der Waals surface area contributed by atoms with Crippen molar-refractivity contribution in [2.45, 2.75) is 49.9 Å². The van der Waals surface area contributed by atoms with Crippen LogP contribution in [0.15, 0.2) is 0 Å². The molecule has 6 nitrogen and oxygen atoms in total. The van der Waals surface area contributed by atoms with E-state index in [0.29, 0.717) is 6.04 Å². The first-order valence-electron chi connectivity index (χ1n) is 5.78. The molecule has 1 atom stereocenters. The van der Waals surface area contributed by atoms with Crippen molar-refractivity contribution in [1.82, 2.24) is 10.0 Å². The summed E-state index contributed by atoms with van der Waals surface area (Å²) in [4.78, 5) is 10.7. The molecule has 1 saturated carbocycles. The van der Waals surface area contributed by atoms with Gasteiger partial charge in [0, 0.05) is 12.1 Å². The van der Waals surface area contributed by atoms with Crippen LogP contribution in [0.25, 0.3) is 0 Å². The van der Waals surface area contributed by atoms with Crippen molar-refractivity contribution in [2.75, 3.05) is 7.05 Å². The van der Waals surface area contributed by atoms with Gasteiger partial charge < -0.3 is 10.4 Å². The van der Waals surface area contributed by atoms with Crippen LogP contribution in [0, 0.1) is 0 Å². The number of nitrogens with one attached hydrogen (secondary N) is 2. The van der Waals surface area contributed by atoms with Crippen LogP contribution in [-0.4, -0.2) is 43.9 Å². The number of rotatable bonds is 5. The Balaban J connectivity index is 2.53. The largest absolute Gasteiger partial charge is 0.480 e. The molecule has 0 spiro atoms. The van der Waals surface area contributed by atoms with Crippen LogP contribution in [0.3, 0.4) is 0 Å². The Labute approximate surface area is 102 Å². The normalized spacial score (nSPS) is 27.6. The fourth-order valence-corrected chi connectivity index (χ4v) is 3.14. The third kappa shape index (κ3) is 3.93. The molecule has 0 bridgehead atoms. The van der Waals surface area contributed by atoms with Crippen LogP contribution in [0.5, 0.6) is 0 Å². The zero-order valence-corrected chi connectivity index (χ0v) is 11.0. The highest BCUT2D eigenvalue weighted by molar-refractivity contribution is 7.90. The standard InChI is InChI=1S/C10H20N2O4S/c1-7(10(13)14)17(15,16)12-9-5-3-8(11-2)4-6-9/h7-9,11-12H,3-6H2,1-2H3,(H,13,14). The van der Waals surface area contributed by atoms with E-state index in [9.17, 15) is 13.2 Å². The average molecular weight is 264 g/mol. The van der Waals surface area contributed by atoms with Gasteiger partial charge in [-0.3, -0.25) is 4.79 Å². The van der Waals surface area contributed by atoms with Crippen LogP contribution in [0.2, 0.25) is 0 Å². The summed E-state index contributed by atoms with van der Waals surface area (Å²) in [6.07, 6.45) is 3.31. The van der Waals surface area contributed by atoms with Gasteiger partial charge in [-0.15, -0.1) is 0 Å². The second kappa shape index (κ2) is 5.79. The van der Waals surface area contributed by atoms with Crippen LogP contribution in [0.1, 0.15) is 32.6 Å². The summed E-state index contributed by atoms with van der Waals surface area (Å²) in [5.41, 5.74) is 0. The number of carboxylic acids is 1. The minimum Gasteiger partial charge on any atom is -0.480 e. The van der Waals surface area contributed by atoms with Gasteiger partial charge in [0.25, 0.3) is 0 Å². The van der Waals surface area contributed by atoms with Gasteiger partial charge in [0.2, 0.25) is 10.0 Å². The molecule has 0 saturated heterocycles. The molecule has 0 aromatic heterocycles. The Hall–Kier alpha value is -0.660. The highest BCUT2D eigenvalue weighted by atomic mass is 32.2. The lowest BCUT2D eigenvalue weighted by Crippen LogP contribution is -2.45. The molecule has 0 aromatic rings. The number of sulfonamides is 1. The lowest BCUT2D eigenvalue weighted by Gasteiger charge is -2.29. The van der Waals surface area contributed by atoms with E-state index in [4.69, 9.17) is 5.11 Å². The van der Waals surface area contributed by atoms with Gasteiger partial charge in [-0.1, -0.05) is 0 Å². The molecule has 17 heavy (non-hydrogen) atoms. The zero-order chi connectivity index (χ0) is 13.1. The van der Waals surface area contributed by atoms with E-state index in [1.165, 1.54) is 6.92 Å². The molecule has 1 rings (SSSR count). The predicted molar refractivity (Wildman–Crippen MR) is 64.3 cm³/mol. The second-order valence-electron chi connectivity index (χ2n) is 4.48. The fourth-order valence-electron chi connectivity index (χ4n) is 1.97. The molecule has 1 unspecified atom stereocenters. The van der Waals surface area contributed by atoms with Crippen LogP contribution in [0.4, 0.5) is 0 Å². The highest BCUT2D eigenvalue weighted by Gasteiger charge is 2.31. The SMILES string of the molecule is CNC1CCC(NS(=O)(=O)C(C)C(=O)O)CC1. The molecule has 7 heteroatoms. The lowest BCUT2D eigenvalue weighted by atomic mass is 9.92. The van der Waals surface area contributed by atoms with Crippen molar-refractivity contribution >= 4 is 16.0 Å². The number of carboxylic acid groups (broad SMARTS) is 1. The van der Waals surface area contributed by atoms with Crippen LogP contribution < -0.4 is 10.0 Å². The Kier molecular flexibility index (Phi) is 4.91. The summed E-state index contributed by atoms with van der Waals surface area (Å²) >= 11 is 0. The first-order chi connectivity index (χ1) is 7.86. The summed E-state index contributed by atoms with van der Waals surface area (Å²) in [5, 5.41) is 10.5. The van der Waals surface area contributed by atoms with Gasteiger partial charge in [-0.25, -0.2) is 13.1 Å². The lowest BCUT2D eigenvalue weighted by molar-refractivity contribution is -0.136. The molecule has 100 valence electrons. The molecular formula is C10H20N2O4S. The third-order valence-electron chi connectivity index (χ3n) is 3.28. The zero-order valence-electron chi connectivity index (χ0n) is 10.1. The summed E-state index contributed by atoms with van der Waals surface area (Å²) < 4.78 is 25.9. The quantitative estimate of drug-likeness (QED) is 0.645. The fraction of sp³-hybridized carbons (Fsp3) is 0.900. The molecule has 0 amide bonds. The first-order valence-corrected chi connectivity index (χ1v) is 7.32. The monoisotopic (exact) mass is 264 g/mol. The Bertz CT molecular complexity index is 361. The molecule has 3 N–H and O–H groups in total. The average Bonchev–Trinajstić information content (AvgIpc) is 2.28. The van der Waals surface area contributed by atoms with Gasteiger partial charge in [0.1, 0.15) is 0 Å². The van der Waals surface area contributed by atoms with Crippen molar-refractivity contribution in [2.24, 2.45) is 0 Å². The first kappa shape index (κ1) is 14.4.